The lowest BCUT2D eigenvalue weighted by atomic mass is 10.1. The normalized spacial score (nSPS) is 11.9. The van der Waals surface area contributed by atoms with Crippen molar-refractivity contribution >= 4 is 0 Å². The van der Waals surface area contributed by atoms with Crippen LogP contribution in [0.4, 0.5) is 0 Å². The molecule has 0 saturated carbocycles. The summed E-state index contributed by atoms with van der Waals surface area (Å²) in [6, 6.07) is 0. The Hall–Kier alpha value is -0.520. The van der Waals surface area contributed by atoms with Gasteiger partial charge in [0.25, 0.3) is 0 Å². The van der Waals surface area contributed by atoms with Crippen molar-refractivity contribution in [2.75, 3.05) is 0 Å². The summed E-state index contributed by atoms with van der Waals surface area (Å²) in [5.41, 5.74) is 0. The van der Waals surface area contributed by atoms with Crippen LogP contribution in [0, 0.1) is 6.42 Å². The van der Waals surface area contributed by atoms with Crippen LogP contribution in [0.15, 0.2) is 24.3 Å². The zero-order chi connectivity index (χ0) is 12.6. The van der Waals surface area contributed by atoms with Crippen LogP contribution >= 0.6 is 0 Å². The quantitative estimate of drug-likeness (QED) is 0.277. The second kappa shape index (κ2) is 15.5. The maximum absolute atomic E-state index is 2.46. The van der Waals surface area contributed by atoms with E-state index in [0.29, 0.717) is 0 Å². The van der Waals surface area contributed by atoms with Crippen molar-refractivity contribution in [3.8, 4) is 0 Å². The highest BCUT2D eigenvalue weighted by Crippen LogP contribution is 2.09. The lowest BCUT2D eigenvalue weighted by Gasteiger charge is -1.99. The van der Waals surface area contributed by atoms with E-state index in [0.717, 1.165) is 12.8 Å². The van der Waals surface area contributed by atoms with E-state index in [1.54, 1.807) is 0 Å². The molecule has 0 aliphatic carbocycles. The molecule has 0 aromatic rings. The van der Waals surface area contributed by atoms with Gasteiger partial charge in [0.2, 0.25) is 0 Å². The van der Waals surface area contributed by atoms with E-state index in [1.807, 2.05) is 0 Å². The third-order valence-electron chi connectivity index (χ3n) is 2.89. The van der Waals surface area contributed by atoms with E-state index in [9.17, 15) is 0 Å². The van der Waals surface area contributed by atoms with E-state index < -0.39 is 0 Å². The fourth-order valence-electron chi connectivity index (χ4n) is 1.81. The van der Waals surface area contributed by atoms with Crippen molar-refractivity contribution in [3.63, 3.8) is 0 Å². The summed E-state index contributed by atoms with van der Waals surface area (Å²) in [4.78, 5) is 0. The Labute approximate surface area is 109 Å². The third kappa shape index (κ3) is 15.5. The molecule has 99 valence electrons. The van der Waals surface area contributed by atoms with Gasteiger partial charge in [-0.25, -0.2) is 0 Å². The molecule has 0 spiro atoms. The van der Waals surface area contributed by atoms with Gasteiger partial charge in [-0.05, 0) is 32.1 Å². The van der Waals surface area contributed by atoms with Gasteiger partial charge in [0.05, 0.1) is 0 Å². The standard InChI is InChI=1S/C17H31/c1-3-5-7-9-11-13-15-17-16-14-12-10-8-6-4-2/h5,7,11,13,16H,3-4,6,8-10,12,14-15,17H2,1-2H3. The largest absolute Gasteiger partial charge is 0.0885 e. The van der Waals surface area contributed by atoms with Gasteiger partial charge < -0.3 is 0 Å². The van der Waals surface area contributed by atoms with Crippen LogP contribution in [0.2, 0.25) is 0 Å². The molecule has 17 heavy (non-hydrogen) atoms. The van der Waals surface area contributed by atoms with Crippen LogP contribution in [0.25, 0.3) is 0 Å². The molecule has 0 fully saturated rings. The summed E-state index contributed by atoms with van der Waals surface area (Å²) in [5, 5.41) is 0. The number of rotatable bonds is 12. The lowest BCUT2D eigenvalue weighted by molar-refractivity contribution is 0.622. The zero-order valence-corrected chi connectivity index (χ0v) is 12.0. The van der Waals surface area contributed by atoms with Crippen LogP contribution in [0.3, 0.4) is 0 Å². The maximum Gasteiger partial charge on any atom is -0.0169 e. The molecule has 0 heterocycles. The molecule has 0 aliphatic heterocycles. The molecule has 0 aromatic heterocycles. The number of hydrogen-bond acceptors (Lipinski definition) is 0. The van der Waals surface area contributed by atoms with Gasteiger partial charge in [-0.2, -0.15) is 0 Å². The van der Waals surface area contributed by atoms with Crippen LogP contribution in [0.1, 0.15) is 78.1 Å². The average Bonchev–Trinajstić information content (AvgIpc) is 2.35. The summed E-state index contributed by atoms with van der Waals surface area (Å²) in [5.74, 6) is 0. The minimum Gasteiger partial charge on any atom is -0.0885 e. The smallest absolute Gasteiger partial charge is 0.0169 e. The van der Waals surface area contributed by atoms with Crippen LogP contribution in [-0.2, 0) is 0 Å². The van der Waals surface area contributed by atoms with E-state index in [1.165, 1.54) is 51.4 Å². The molecule has 0 bridgehead atoms. The summed E-state index contributed by atoms with van der Waals surface area (Å²) < 4.78 is 0. The van der Waals surface area contributed by atoms with Crippen LogP contribution < -0.4 is 0 Å². The Balaban J connectivity index is 3.05. The summed E-state index contributed by atoms with van der Waals surface area (Å²) >= 11 is 0. The van der Waals surface area contributed by atoms with Gasteiger partial charge in [-0.15, -0.1) is 0 Å². The summed E-state index contributed by atoms with van der Waals surface area (Å²) in [7, 11) is 0. The minimum atomic E-state index is 1.10. The predicted octanol–water partition coefficient (Wildman–Crippen LogP) is 6.24. The van der Waals surface area contributed by atoms with Crippen molar-refractivity contribution in [1.29, 1.82) is 0 Å². The van der Waals surface area contributed by atoms with Crippen molar-refractivity contribution in [1.82, 2.24) is 0 Å². The molecular weight excluding hydrogens is 204 g/mol. The Morgan fingerprint density at radius 3 is 2.18 bits per heavy atom. The van der Waals surface area contributed by atoms with Gasteiger partial charge in [-0.1, -0.05) is 76.7 Å². The van der Waals surface area contributed by atoms with E-state index in [-0.39, 0.29) is 0 Å². The second-order valence-electron chi connectivity index (χ2n) is 4.66. The Morgan fingerprint density at radius 1 is 0.647 bits per heavy atom. The first-order chi connectivity index (χ1) is 8.41. The van der Waals surface area contributed by atoms with Crippen molar-refractivity contribution in [3.05, 3.63) is 30.7 Å². The Morgan fingerprint density at radius 2 is 1.41 bits per heavy atom. The first-order valence-corrected chi connectivity index (χ1v) is 7.53. The topological polar surface area (TPSA) is 0 Å². The maximum atomic E-state index is 2.46. The van der Waals surface area contributed by atoms with Gasteiger partial charge in [0.15, 0.2) is 0 Å². The molecule has 0 nitrogen and oxygen atoms in total. The number of allylic oxidation sites excluding steroid dienone is 4. The highest BCUT2D eigenvalue weighted by atomic mass is 14.0. The molecule has 0 unspecified atom stereocenters. The van der Waals surface area contributed by atoms with Gasteiger partial charge in [-0.3, -0.25) is 0 Å². The van der Waals surface area contributed by atoms with Crippen molar-refractivity contribution < 1.29 is 0 Å². The molecule has 0 amide bonds. The number of unbranched alkanes of at least 4 members (excludes halogenated alkanes) is 8. The van der Waals surface area contributed by atoms with Crippen molar-refractivity contribution in [2.45, 2.75) is 78.1 Å². The SMILES string of the molecule is CCC=CCC=CCC[CH]CCCCCCC. The average molecular weight is 235 g/mol. The third-order valence-corrected chi connectivity index (χ3v) is 2.89. The van der Waals surface area contributed by atoms with Crippen LogP contribution in [-0.4, -0.2) is 0 Å². The summed E-state index contributed by atoms with van der Waals surface area (Å²) in [6.07, 6.45) is 24.6. The fraction of sp³-hybridized carbons (Fsp3) is 0.706. The van der Waals surface area contributed by atoms with E-state index in [2.05, 4.69) is 44.6 Å². The second-order valence-corrected chi connectivity index (χ2v) is 4.66. The minimum absolute atomic E-state index is 1.10. The highest BCUT2D eigenvalue weighted by molar-refractivity contribution is 4.92. The predicted molar refractivity (Wildman–Crippen MR) is 80.1 cm³/mol. The molecule has 0 rings (SSSR count). The van der Waals surface area contributed by atoms with Gasteiger partial charge in [0, 0.05) is 0 Å². The first kappa shape index (κ1) is 16.5. The van der Waals surface area contributed by atoms with Crippen molar-refractivity contribution in [2.24, 2.45) is 0 Å². The highest BCUT2D eigenvalue weighted by Gasteiger charge is 1.90. The Kier molecular flexibility index (Phi) is 15.0. The molecular formula is C17H31. The van der Waals surface area contributed by atoms with Crippen LogP contribution in [0.5, 0.6) is 0 Å². The van der Waals surface area contributed by atoms with E-state index >= 15 is 0 Å². The Bertz CT molecular complexity index is 176. The molecule has 0 N–H and O–H groups in total. The van der Waals surface area contributed by atoms with E-state index in [4.69, 9.17) is 0 Å². The molecule has 0 atom stereocenters. The molecule has 0 saturated heterocycles. The monoisotopic (exact) mass is 235 g/mol. The summed E-state index contributed by atoms with van der Waals surface area (Å²) in [6.45, 7) is 4.45. The molecule has 0 aliphatic rings. The zero-order valence-electron chi connectivity index (χ0n) is 12.0. The first-order valence-electron chi connectivity index (χ1n) is 7.53. The van der Waals surface area contributed by atoms with Gasteiger partial charge >= 0.3 is 0 Å². The lowest BCUT2D eigenvalue weighted by Crippen LogP contribution is -1.80. The molecule has 0 heteroatoms. The molecule has 1 radical (unpaired) electrons. The van der Waals surface area contributed by atoms with Gasteiger partial charge in [0.1, 0.15) is 0 Å². The molecule has 0 aromatic carbocycles. The number of hydrogen-bond donors (Lipinski definition) is 0. The fourth-order valence-corrected chi connectivity index (χ4v) is 1.81.